The molecule has 5 nitrogen and oxygen atoms in total. The highest BCUT2D eigenvalue weighted by Gasteiger charge is 2.26. The highest BCUT2D eigenvalue weighted by molar-refractivity contribution is 5.76. The lowest BCUT2D eigenvalue weighted by Gasteiger charge is -2.29. The van der Waals surface area contributed by atoms with Crippen molar-refractivity contribution < 1.29 is 22.4 Å². The molecule has 22 heavy (non-hydrogen) atoms. The first-order valence-corrected chi connectivity index (χ1v) is 6.73. The molecule has 2 heterocycles. The van der Waals surface area contributed by atoms with Crippen molar-refractivity contribution in [2.75, 3.05) is 13.1 Å². The normalized spacial score (nSPS) is 16.3. The highest BCUT2D eigenvalue weighted by Crippen LogP contribution is 2.25. The fraction of sp³-hybridized carbons (Fsp3) is 0.615. The summed E-state index contributed by atoms with van der Waals surface area (Å²) >= 11 is 0. The lowest BCUT2D eigenvalue weighted by atomic mass is 9.99. The maximum absolute atomic E-state index is 12.8. The molecule has 0 aromatic carbocycles. The molecule has 1 amide bonds. The summed E-state index contributed by atoms with van der Waals surface area (Å²) in [7, 11) is 0. The topological polar surface area (TPSA) is 61.9 Å². The van der Waals surface area contributed by atoms with E-state index >= 15 is 0 Å². The quantitative estimate of drug-likeness (QED) is 0.802. The summed E-state index contributed by atoms with van der Waals surface area (Å²) in [6.07, 6.45) is -4.92. The van der Waals surface area contributed by atoms with Crippen LogP contribution in [0.1, 0.15) is 37.1 Å². The van der Waals surface area contributed by atoms with E-state index in [2.05, 4.69) is 11.2 Å². The first-order valence-electron chi connectivity index (χ1n) is 6.73. The molecule has 0 spiro atoms. The summed E-state index contributed by atoms with van der Waals surface area (Å²) in [6.45, 7) is 0.192. The van der Waals surface area contributed by atoms with Gasteiger partial charge in [0, 0.05) is 19.0 Å². The largest absolute Gasteiger partial charge is 0.341 e. The Morgan fingerprint density at radius 1 is 1.32 bits per heavy atom. The van der Waals surface area contributed by atoms with Crippen LogP contribution < -0.4 is 0 Å². The Kier molecular flexibility index (Phi) is 5.00. The smallest absolute Gasteiger partial charge is 0.282 e. The van der Waals surface area contributed by atoms with E-state index < -0.39 is 36.7 Å². The summed E-state index contributed by atoms with van der Waals surface area (Å²) in [5.41, 5.74) is -1.47. The first-order chi connectivity index (χ1) is 10.4. The maximum atomic E-state index is 12.8. The number of nitrogens with zero attached hydrogens (tertiary/aromatic N) is 4. The predicted octanol–water partition coefficient (Wildman–Crippen LogP) is 2.52. The molecular weight excluding hydrogens is 304 g/mol. The van der Waals surface area contributed by atoms with E-state index in [1.54, 1.807) is 0 Å². The Labute approximate surface area is 124 Å². The number of hydrogen-bond donors (Lipinski definition) is 0. The number of nitriles is 1. The summed E-state index contributed by atoms with van der Waals surface area (Å²) < 4.78 is 51.4. The summed E-state index contributed by atoms with van der Waals surface area (Å²) in [6, 6.07) is 2.73. The van der Waals surface area contributed by atoms with E-state index in [9.17, 15) is 22.4 Å². The lowest BCUT2D eigenvalue weighted by molar-refractivity contribution is -0.133. The monoisotopic (exact) mass is 318 g/mol. The van der Waals surface area contributed by atoms with Gasteiger partial charge in [-0.25, -0.2) is 17.6 Å². The van der Waals surface area contributed by atoms with Gasteiger partial charge in [-0.2, -0.15) is 10.4 Å². The van der Waals surface area contributed by atoms with Gasteiger partial charge >= 0.3 is 0 Å². The van der Waals surface area contributed by atoms with Crippen LogP contribution in [-0.2, 0) is 11.3 Å². The van der Waals surface area contributed by atoms with Crippen LogP contribution in [0.5, 0.6) is 0 Å². The van der Waals surface area contributed by atoms with Gasteiger partial charge in [-0.1, -0.05) is 0 Å². The molecule has 0 aliphatic carbocycles. The van der Waals surface area contributed by atoms with Crippen molar-refractivity contribution in [3.05, 3.63) is 17.5 Å². The van der Waals surface area contributed by atoms with Gasteiger partial charge < -0.3 is 4.90 Å². The molecule has 0 radical (unpaired) electrons. The van der Waals surface area contributed by atoms with Gasteiger partial charge in [0.25, 0.3) is 12.9 Å². The third kappa shape index (κ3) is 3.55. The van der Waals surface area contributed by atoms with Crippen LogP contribution in [0.25, 0.3) is 0 Å². The molecule has 1 aliphatic rings. The van der Waals surface area contributed by atoms with Gasteiger partial charge in [-0.05, 0) is 18.9 Å². The second-order valence-electron chi connectivity index (χ2n) is 5.04. The fourth-order valence-corrected chi connectivity index (χ4v) is 2.35. The van der Waals surface area contributed by atoms with E-state index in [1.807, 2.05) is 0 Å². The second kappa shape index (κ2) is 6.77. The van der Waals surface area contributed by atoms with Crippen LogP contribution in [0.3, 0.4) is 0 Å². The van der Waals surface area contributed by atoms with Crippen molar-refractivity contribution in [2.24, 2.45) is 5.92 Å². The molecule has 1 saturated heterocycles. The minimum atomic E-state index is -2.99. The molecule has 0 unspecified atom stereocenters. The average Bonchev–Trinajstić information content (AvgIpc) is 2.91. The molecule has 1 aromatic heterocycles. The molecule has 120 valence electrons. The van der Waals surface area contributed by atoms with Crippen molar-refractivity contribution in [1.82, 2.24) is 14.7 Å². The Balaban J connectivity index is 2.07. The van der Waals surface area contributed by atoms with Crippen LogP contribution in [-0.4, -0.2) is 33.7 Å². The van der Waals surface area contributed by atoms with Crippen molar-refractivity contribution in [1.29, 1.82) is 5.26 Å². The Hall–Kier alpha value is -2.11. The molecule has 1 fully saturated rings. The van der Waals surface area contributed by atoms with Gasteiger partial charge in [0.15, 0.2) is 0 Å². The number of alkyl halides is 4. The number of carbonyl (C=O) groups is 1. The van der Waals surface area contributed by atoms with E-state index in [0.29, 0.717) is 36.7 Å². The molecule has 0 atom stereocenters. The number of rotatable bonds is 4. The summed E-state index contributed by atoms with van der Waals surface area (Å²) in [5, 5.41) is 12.2. The maximum Gasteiger partial charge on any atom is 0.282 e. The van der Waals surface area contributed by atoms with Crippen LogP contribution >= 0.6 is 0 Å². The average molecular weight is 318 g/mol. The second-order valence-corrected chi connectivity index (χ2v) is 5.04. The number of amides is 1. The van der Waals surface area contributed by atoms with Crippen LogP contribution in [0.15, 0.2) is 6.07 Å². The zero-order chi connectivity index (χ0) is 16.3. The fourth-order valence-electron chi connectivity index (χ4n) is 2.35. The van der Waals surface area contributed by atoms with Crippen LogP contribution in [0.4, 0.5) is 17.6 Å². The van der Waals surface area contributed by atoms with E-state index in [4.69, 9.17) is 5.26 Å². The van der Waals surface area contributed by atoms with E-state index in [1.165, 1.54) is 4.90 Å². The summed E-state index contributed by atoms with van der Waals surface area (Å²) in [4.78, 5) is 13.5. The highest BCUT2D eigenvalue weighted by atomic mass is 19.3. The Bertz CT molecular complexity index is 573. The van der Waals surface area contributed by atoms with E-state index in [-0.39, 0.29) is 5.92 Å². The van der Waals surface area contributed by atoms with Gasteiger partial charge in [-0.15, -0.1) is 0 Å². The Morgan fingerprint density at radius 3 is 2.45 bits per heavy atom. The van der Waals surface area contributed by atoms with Crippen molar-refractivity contribution in [3.63, 3.8) is 0 Å². The Morgan fingerprint density at radius 2 is 1.95 bits per heavy atom. The van der Waals surface area contributed by atoms with Crippen molar-refractivity contribution in [2.45, 2.75) is 32.2 Å². The standard InChI is InChI=1S/C13H14F4N4O/c14-12(15)9-5-10(13(16)17)21(19-9)7-11(22)20-3-1-8(6-18)2-4-20/h5,8,12-13H,1-4,7H2. The zero-order valence-electron chi connectivity index (χ0n) is 11.6. The molecule has 0 N–H and O–H groups in total. The van der Waals surface area contributed by atoms with Gasteiger partial charge in [0.1, 0.15) is 17.9 Å². The molecular formula is C13H14F4N4O. The molecule has 0 saturated carbocycles. The molecule has 2 rings (SSSR count). The predicted molar refractivity (Wildman–Crippen MR) is 67.1 cm³/mol. The van der Waals surface area contributed by atoms with Gasteiger partial charge in [0.05, 0.1) is 6.07 Å². The van der Waals surface area contributed by atoms with Crippen molar-refractivity contribution in [3.8, 4) is 6.07 Å². The third-order valence-corrected chi connectivity index (χ3v) is 3.59. The number of likely N-dealkylation sites (tertiary alicyclic amines) is 1. The number of carbonyl (C=O) groups excluding carboxylic acids is 1. The first kappa shape index (κ1) is 16.3. The minimum Gasteiger partial charge on any atom is -0.341 e. The molecule has 1 aliphatic heterocycles. The SMILES string of the molecule is N#CC1CCN(C(=O)Cn2nc(C(F)F)cc2C(F)F)CC1. The third-order valence-electron chi connectivity index (χ3n) is 3.59. The minimum absolute atomic E-state index is 0.115. The number of aromatic nitrogens is 2. The number of hydrogen-bond acceptors (Lipinski definition) is 3. The van der Waals surface area contributed by atoms with Crippen LogP contribution in [0.2, 0.25) is 0 Å². The molecule has 9 heteroatoms. The lowest BCUT2D eigenvalue weighted by Crippen LogP contribution is -2.40. The molecule has 1 aromatic rings. The van der Waals surface area contributed by atoms with Gasteiger partial charge in [0.2, 0.25) is 5.91 Å². The zero-order valence-corrected chi connectivity index (χ0v) is 11.6. The molecule has 0 bridgehead atoms. The summed E-state index contributed by atoms with van der Waals surface area (Å²) in [5.74, 6) is -0.585. The number of halogens is 4. The van der Waals surface area contributed by atoms with E-state index in [0.717, 1.165) is 0 Å². The van der Waals surface area contributed by atoms with Crippen molar-refractivity contribution >= 4 is 5.91 Å². The number of piperidine rings is 1. The van der Waals surface area contributed by atoms with Crippen LogP contribution in [0, 0.1) is 17.2 Å². The van der Waals surface area contributed by atoms with Gasteiger partial charge in [-0.3, -0.25) is 9.48 Å².